The van der Waals surface area contributed by atoms with Gasteiger partial charge in [-0.1, -0.05) is 0 Å². The number of hydrogen-bond donors (Lipinski definition) is 3. The second-order valence-corrected chi connectivity index (χ2v) is 5.68. The maximum Gasteiger partial charge on any atom is 0.432 e. The monoisotopic (exact) mass is 343 g/mol. The second-order valence-electron chi connectivity index (χ2n) is 5.68. The van der Waals surface area contributed by atoms with Crippen LogP contribution in [-0.4, -0.2) is 32.2 Å². The summed E-state index contributed by atoms with van der Waals surface area (Å²) in [7, 11) is 0. The molecule has 0 spiro atoms. The molecule has 1 aliphatic heterocycles. The predicted octanol–water partition coefficient (Wildman–Crippen LogP) is 2.10. The molecule has 0 aromatic carbocycles. The number of aromatic amines is 2. The highest BCUT2D eigenvalue weighted by Crippen LogP contribution is 2.30. The Morgan fingerprint density at radius 1 is 1.46 bits per heavy atom. The molecule has 24 heavy (non-hydrogen) atoms. The summed E-state index contributed by atoms with van der Waals surface area (Å²) in [4.78, 5) is 18.0. The van der Waals surface area contributed by atoms with Gasteiger partial charge in [0.15, 0.2) is 5.69 Å². The molecule has 2 atom stereocenters. The van der Waals surface area contributed by atoms with E-state index in [2.05, 4.69) is 25.5 Å². The summed E-state index contributed by atoms with van der Waals surface area (Å²) in [6.07, 6.45) is -3.51. The fraction of sp³-hybridized carbons (Fsp3) is 0.500. The van der Waals surface area contributed by atoms with Crippen LogP contribution < -0.4 is 5.32 Å². The zero-order chi connectivity index (χ0) is 17.5. The highest BCUT2D eigenvalue weighted by atomic mass is 19.4. The minimum Gasteiger partial charge on any atom is -0.369 e. The number of carbonyl (C=O) groups excluding carboxylic acids is 1. The first-order valence-corrected chi connectivity index (χ1v) is 7.37. The van der Waals surface area contributed by atoms with Crippen LogP contribution in [0.15, 0.2) is 6.20 Å². The van der Waals surface area contributed by atoms with E-state index >= 15 is 0 Å². The number of H-pyrrole nitrogens is 2. The molecule has 10 heteroatoms. The Bertz CT molecular complexity index is 752. The number of alkyl halides is 3. The molecule has 0 fully saturated rings. The summed E-state index contributed by atoms with van der Waals surface area (Å²) >= 11 is 0. The van der Waals surface area contributed by atoms with E-state index in [-0.39, 0.29) is 30.3 Å². The average molecular weight is 343 g/mol. The minimum absolute atomic E-state index is 0.0187. The van der Waals surface area contributed by atoms with Gasteiger partial charge >= 0.3 is 6.18 Å². The van der Waals surface area contributed by atoms with Crippen molar-refractivity contribution in [3.63, 3.8) is 0 Å². The average Bonchev–Trinajstić information content (AvgIpc) is 3.10. The Morgan fingerprint density at radius 3 is 2.88 bits per heavy atom. The second kappa shape index (κ2) is 5.93. The lowest BCUT2D eigenvalue weighted by Gasteiger charge is -2.25. The lowest BCUT2D eigenvalue weighted by atomic mass is 9.99. The lowest BCUT2D eigenvalue weighted by molar-refractivity contribution is -0.140. The number of hydrogen-bond acceptors (Lipinski definition) is 4. The molecule has 0 bridgehead atoms. The fourth-order valence-electron chi connectivity index (χ4n) is 2.71. The van der Waals surface area contributed by atoms with Gasteiger partial charge in [0, 0.05) is 12.0 Å². The molecule has 0 saturated heterocycles. The van der Waals surface area contributed by atoms with Crippen LogP contribution in [0.1, 0.15) is 53.2 Å². The topological polar surface area (TPSA) is 95.7 Å². The molecule has 0 unspecified atom stereocenters. The van der Waals surface area contributed by atoms with Gasteiger partial charge < -0.3 is 15.0 Å². The van der Waals surface area contributed by atoms with Crippen LogP contribution in [0.3, 0.4) is 0 Å². The van der Waals surface area contributed by atoms with Crippen molar-refractivity contribution in [1.82, 2.24) is 25.5 Å². The van der Waals surface area contributed by atoms with Crippen LogP contribution in [0, 0.1) is 0 Å². The zero-order valence-corrected chi connectivity index (χ0v) is 13.0. The third-order valence-electron chi connectivity index (χ3n) is 3.80. The van der Waals surface area contributed by atoms with Gasteiger partial charge in [-0.25, -0.2) is 4.98 Å². The molecular weight excluding hydrogens is 327 g/mol. The van der Waals surface area contributed by atoms with Crippen LogP contribution in [-0.2, 0) is 23.9 Å². The Hall–Kier alpha value is -2.36. The summed E-state index contributed by atoms with van der Waals surface area (Å²) in [5.41, 5.74) is 0.795. The van der Waals surface area contributed by atoms with E-state index in [1.807, 2.05) is 13.8 Å². The molecule has 1 amide bonds. The Morgan fingerprint density at radius 2 is 2.21 bits per heavy atom. The quantitative estimate of drug-likeness (QED) is 0.795. The van der Waals surface area contributed by atoms with Crippen LogP contribution in [0.5, 0.6) is 0 Å². The van der Waals surface area contributed by atoms with E-state index in [0.717, 1.165) is 11.3 Å². The highest BCUT2D eigenvalue weighted by Gasteiger charge is 2.33. The Kier molecular flexibility index (Phi) is 4.08. The van der Waals surface area contributed by atoms with Crippen molar-refractivity contribution in [2.75, 3.05) is 0 Å². The largest absolute Gasteiger partial charge is 0.432 e. The van der Waals surface area contributed by atoms with E-state index in [9.17, 15) is 18.0 Å². The van der Waals surface area contributed by atoms with E-state index in [1.54, 1.807) is 0 Å². The van der Waals surface area contributed by atoms with Gasteiger partial charge in [0.25, 0.3) is 5.91 Å². The maximum absolute atomic E-state index is 12.5. The number of carbonyl (C=O) groups is 1. The standard InChI is InChI=1S/C14H16F3N5O2/c1-6-3-8-11(7(2)24-6)21-22-12(8)13(23)19-5-10-18-4-9(20-10)14(15,16)17/h4,6-7H,3,5H2,1-2H3,(H,18,20)(H,19,23)(H,21,22)/t6-,7+/m1/s1. The maximum atomic E-state index is 12.5. The van der Waals surface area contributed by atoms with Crippen molar-refractivity contribution >= 4 is 5.91 Å². The normalized spacial score (nSPS) is 20.7. The van der Waals surface area contributed by atoms with Crippen LogP contribution in [0.2, 0.25) is 0 Å². The summed E-state index contributed by atoms with van der Waals surface area (Å²) in [6, 6.07) is 0. The van der Waals surface area contributed by atoms with Gasteiger partial charge in [0.05, 0.1) is 30.6 Å². The summed E-state index contributed by atoms with van der Waals surface area (Å²) in [5, 5.41) is 9.33. The van der Waals surface area contributed by atoms with E-state index in [0.29, 0.717) is 12.6 Å². The molecule has 3 heterocycles. The Labute approximate surface area is 135 Å². The smallest absolute Gasteiger partial charge is 0.369 e. The number of nitrogens with one attached hydrogen (secondary N) is 3. The van der Waals surface area contributed by atoms with E-state index < -0.39 is 17.8 Å². The molecule has 0 saturated carbocycles. The number of ether oxygens (including phenoxy) is 1. The zero-order valence-electron chi connectivity index (χ0n) is 13.0. The molecule has 1 aliphatic rings. The number of nitrogens with zero attached hydrogens (tertiary/aromatic N) is 2. The first kappa shape index (κ1) is 16.5. The van der Waals surface area contributed by atoms with Gasteiger partial charge in [0.1, 0.15) is 11.5 Å². The van der Waals surface area contributed by atoms with Crippen molar-refractivity contribution in [3.05, 3.63) is 34.7 Å². The molecule has 130 valence electrons. The summed E-state index contributed by atoms with van der Waals surface area (Å²) in [6.45, 7) is 3.60. The number of halogens is 3. The van der Waals surface area contributed by atoms with Gasteiger partial charge in [-0.3, -0.25) is 9.89 Å². The number of rotatable bonds is 3. The Balaban J connectivity index is 1.69. The van der Waals surface area contributed by atoms with Gasteiger partial charge in [-0.15, -0.1) is 0 Å². The van der Waals surface area contributed by atoms with Crippen molar-refractivity contribution < 1.29 is 22.7 Å². The van der Waals surface area contributed by atoms with Crippen molar-refractivity contribution in [1.29, 1.82) is 0 Å². The van der Waals surface area contributed by atoms with Gasteiger partial charge in [-0.2, -0.15) is 18.3 Å². The summed E-state index contributed by atoms with van der Waals surface area (Å²) in [5.74, 6) is -0.455. The van der Waals surface area contributed by atoms with E-state index in [4.69, 9.17) is 4.74 Å². The van der Waals surface area contributed by atoms with E-state index in [1.165, 1.54) is 0 Å². The molecule has 2 aromatic heterocycles. The molecule has 3 N–H and O–H groups in total. The first-order chi connectivity index (χ1) is 11.3. The third-order valence-corrected chi connectivity index (χ3v) is 3.80. The number of aromatic nitrogens is 4. The molecule has 3 rings (SSSR count). The van der Waals surface area contributed by atoms with Crippen molar-refractivity contribution in [3.8, 4) is 0 Å². The highest BCUT2D eigenvalue weighted by molar-refractivity contribution is 5.94. The predicted molar refractivity (Wildman–Crippen MR) is 76.0 cm³/mol. The first-order valence-electron chi connectivity index (χ1n) is 7.37. The number of fused-ring (bicyclic) bond motifs is 1. The molecule has 0 radical (unpaired) electrons. The lowest BCUT2D eigenvalue weighted by Crippen LogP contribution is -2.27. The molecule has 0 aliphatic carbocycles. The SMILES string of the molecule is C[C@@H]1Cc2c(C(=O)NCc3ncc(C(F)(F)F)[nH]3)n[nH]c2[C@H](C)O1. The van der Waals surface area contributed by atoms with Gasteiger partial charge in [-0.05, 0) is 13.8 Å². The number of imidazole rings is 1. The molecule has 7 nitrogen and oxygen atoms in total. The van der Waals surface area contributed by atoms with Crippen LogP contribution in [0.4, 0.5) is 13.2 Å². The van der Waals surface area contributed by atoms with Crippen molar-refractivity contribution in [2.45, 2.75) is 45.2 Å². The van der Waals surface area contributed by atoms with Crippen molar-refractivity contribution in [2.24, 2.45) is 0 Å². The summed E-state index contributed by atoms with van der Waals surface area (Å²) < 4.78 is 43.1. The van der Waals surface area contributed by atoms with Gasteiger partial charge in [0.2, 0.25) is 0 Å². The third kappa shape index (κ3) is 3.14. The number of amides is 1. The fourth-order valence-corrected chi connectivity index (χ4v) is 2.71. The molecule has 2 aromatic rings. The molecular formula is C14H16F3N5O2. The van der Waals surface area contributed by atoms with Crippen LogP contribution in [0.25, 0.3) is 0 Å². The minimum atomic E-state index is -4.50. The van der Waals surface area contributed by atoms with Crippen LogP contribution >= 0.6 is 0 Å².